The number of esters is 1. The smallest absolute Gasteiger partial charge is 0.341 e. The molecule has 0 fully saturated rings. The number of hydrogen-bond donors (Lipinski definition) is 1. The Labute approximate surface area is 176 Å². The van der Waals surface area contributed by atoms with Crippen LogP contribution in [0.25, 0.3) is 11.1 Å². The van der Waals surface area contributed by atoms with E-state index in [0.29, 0.717) is 15.6 Å². The van der Waals surface area contributed by atoms with Crippen LogP contribution in [0.15, 0.2) is 59.5 Å². The Hall–Kier alpha value is -2.28. The normalized spacial score (nSPS) is 10.5. The van der Waals surface area contributed by atoms with Crippen LogP contribution in [0.4, 0.5) is 5.00 Å². The number of anilines is 1. The van der Waals surface area contributed by atoms with Gasteiger partial charge >= 0.3 is 5.97 Å². The number of thiophene rings is 1. The average Bonchev–Trinajstić information content (AvgIpc) is 3.03. The van der Waals surface area contributed by atoms with Crippen molar-refractivity contribution < 1.29 is 14.3 Å². The number of hydrogen-bond acceptors (Lipinski definition) is 5. The second-order valence-corrected chi connectivity index (χ2v) is 8.60. The fraction of sp³-hybridized carbons (Fsp3) is 0.143. The van der Waals surface area contributed by atoms with E-state index in [1.807, 2.05) is 49.4 Å². The van der Waals surface area contributed by atoms with Gasteiger partial charge in [0.15, 0.2) is 0 Å². The molecule has 144 valence electrons. The Morgan fingerprint density at radius 1 is 1.11 bits per heavy atom. The topological polar surface area (TPSA) is 55.4 Å². The Bertz CT molecular complexity index is 985. The summed E-state index contributed by atoms with van der Waals surface area (Å²) in [6.45, 7) is 1.93. The molecule has 3 aromatic rings. The molecule has 2 aromatic carbocycles. The molecule has 0 aliphatic rings. The van der Waals surface area contributed by atoms with Gasteiger partial charge in [-0.3, -0.25) is 4.79 Å². The molecule has 0 saturated carbocycles. The first-order chi connectivity index (χ1) is 13.5. The lowest BCUT2D eigenvalue weighted by Crippen LogP contribution is -2.16. The van der Waals surface area contributed by atoms with E-state index in [-0.39, 0.29) is 11.7 Å². The van der Waals surface area contributed by atoms with E-state index in [4.69, 9.17) is 16.3 Å². The zero-order valence-electron chi connectivity index (χ0n) is 15.3. The number of thioether (sulfide) groups is 1. The first-order valence-electron chi connectivity index (χ1n) is 8.45. The summed E-state index contributed by atoms with van der Waals surface area (Å²) in [4.78, 5) is 26.8. The molecule has 0 spiro atoms. The second-order valence-electron chi connectivity index (χ2n) is 5.89. The average molecular weight is 432 g/mol. The van der Waals surface area contributed by atoms with Gasteiger partial charge < -0.3 is 10.1 Å². The van der Waals surface area contributed by atoms with Gasteiger partial charge in [-0.25, -0.2) is 4.79 Å². The number of benzene rings is 2. The molecule has 3 rings (SSSR count). The summed E-state index contributed by atoms with van der Waals surface area (Å²) >= 11 is 8.65. The van der Waals surface area contributed by atoms with Crippen LogP contribution in [0.3, 0.4) is 0 Å². The van der Waals surface area contributed by atoms with Crippen molar-refractivity contribution in [2.45, 2.75) is 11.8 Å². The minimum Gasteiger partial charge on any atom is -0.465 e. The van der Waals surface area contributed by atoms with Crippen molar-refractivity contribution in [2.75, 3.05) is 18.2 Å². The molecule has 0 atom stereocenters. The SMILES string of the molecule is COC(=O)c1c(NC(=O)CSc2ccc(Cl)cc2)sc(C)c1-c1ccccc1. The Morgan fingerprint density at radius 2 is 1.79 bits per heavy atom. The van der Waals surface area contributed by atoms with Crippen LogP contribution in [0.5, 0.6) is 0 Å². The molecule has 0 saturated heterocycles. The molecule has 1 heterocycles. The molecular formula is C21H18ClNO3S2. The highest BCUT2D eigenvalue weighted by atomic mass is 35.5. The molecule has 1 amide bonds. The third-order valence-electron chi connectivity index (χ3n) is 3.97. The maximum Gasteiger partial charge on any atom is 0.341 e. The molecule has 0 bridgehead atoms. The van der Waals surface area contributed by atoms with E-state index in [9.17, 15) is 9.59 Å². The second kappa shape index (κ2) is 9.28. The van der Waals surface area contributed by atoms with Gasteiger partial charge in [-0.15, -0.1) is 23.1 Å². The maximum absolute atomic E-state index is 12.5. The van der Waals surface area contributed by atoms with Gasteiger partial charge in [0.1, 0.15) is 10.6 Å². The highest BCUT2D eigenvalue weighted by Crippen LogP contribution is 2.40. The molecule has 0 aliphatic heterocycles. The Balaban J connectivity index is 1.82. The van der Waals surface area contributed by atoms with Gasteiger partial charge in [0, 0.05) is 20.4 Å². The molecular weight excluding hydrogens is 414 g/mol. The number of methoxy groups -OCH3 is 1. The third-order valence-corrected chi connectivity index (χ3v) is 6.26. The fourth-order valence-corrected chi connectivity index (χ4v) is 4.63. The molecule has 7 heteroatoms. The summed E-state index contributed by atoms with van der Waals surface area (Å²) in [6.07, 6.45) is 0. The third kappa shape index (κ3) is 4.76. The van der Waals surface area contributed by atoms with Crippen molar-refractivity contribution in [3.05, 3.63) is 70.1 Å². The van der Waals surface area contributed by atoms with Crippen LogP contribution < -0.4 is 5.32 Å². The van der Waals surface area contributed by atoms with Gasteiger partial charge in [0.05, 0.1) is 12.9 Å². The Kier molecular flexibility index (Phi) is 6.78. The number of halogens is 1. The molecule has 0 aliphatic carbocycles. The summed E-state index contributed by atoms with van der Waals surface area (Å²) in [7, 11) is 1.34. The lowest BCUT2D eigenvalue weighted by Gasteiger charge is -2.08. The van der Waals surface area contributed by atoms with Crippen molar-refractivity contribution in [3.63, 3.8) is 0 Å². The number of amides is 1. The van der Waals surface area contributed by atoms with Crippen LogP contribution in [0.2, 0.25) is 5.02 Å². The van der Waals surface area contributed by atoms with Crippen LogP contribution in [-0.2, 0) is 9.53 Å². The van der Waals surface area contributed by atoms with E-state index in [1.165, 1.54) is 30.2 Å². The molecule has 1 aromatic heterocycles. The van der Waals surface area contributed by atoms with E-state index in [0.717, 1.165) is 20.9 Å². The summed E-state index contributed by atoms with van der Waals surface area (Å²) < 4.78 is 4.97. The number of nitrogens with one attached hydrogen (secondary N) is 1. The standard InChI is InChI=1S/C21H18ClNO3S2/c1-13-18(14-6-4-3-5-7-14)19(21(25)26-2)20(28-13)23-17(24)12-27-16-10-8-15(22)9-11-16/h3-11H,12H2,1-2H3,(H,23,24). The van der Waals surface area contributed by atoms with Crippen molar-refractivity contribution in [3.8, 4) is 11.1 Å². The number of ether oxygens (including phenoxy) is 1. The van der Waals surface area contributed by atoms with Crippen LogP contribution >= 0.6 is 34.7 Å². The largest absolute Gasteiger partial charge is 0.465 e. The zero-order chi connectivity index (χ0) is 20.1. The van der Waals surface area contributed by atoms with Crippen molar-refractivity contribution in [1.29, 1.82) is 0 Å². The lowest BCUT2D eigenvalue weighted by atomic mass is 10.0. The number of aryl methyl sites for hydroxylation is 1. The zero-order valence-corrected chi connectivity index (χ0v) is 17.7. The first kappa shape index (κ1) is 20.5. The van der Waals surface area contributed by atoms with Crippen LogP contribution in [0.1, 0.15) is 15.2 Å². The number of carbonyl (C=O) groups is 2. The summed E-state index contributed by atoms with van der Waals surface area (Å²) in [6, 6.07) is 16.9. The summed E-state index contributed by atoms with van der Waals surface area (Å²) in [5.74, 6) is -0.435. The Morgan fingerprint density at radius 3 is 2.43 bits per heavy atom. The summed E-state index contributed by atoms with van der Waals surface area (Å²) in [5, 5.41) is 4.03. The number of carbonyl (C=O) groups excluding carboxylic acids is 2. The van der Waals surface area contributed by atoms with Gasteiger partial charge in [-0.1, -0.05) is 41.9 Å². The highest BCUT2D eigenvalue weighted by molar-refractivity contribution is 8.00. The van der Waals surface area contributed by atoms with Gasteiger partial charge in [-0.2, -0.15) is 0 Å². The summed E-state index contributed by atoms with van der Waals surface area (Å²) in [5.41, 5.74) is 2.09. The van der Waals surface area contributed by atoms with Gasteiger partial charge in [0.2, 0.25) is 5.91 Å². The molecule has 0 unspecified atom stereocenters. The van der Waals surface area contributed by atoms with Crippen LogP contribution in [-0.4, -0.2) is 24.7 Å². The van der Waals surface area contributed by atoms with E-state index in [1.54, 1.807) is 12.1 Å². The minimum absolute atomic E-state index is 0.189. The highest BCUT2D eigenvalue weighted by Gasteiger charge is 2.25. The van der Waals surface area contributed by atoms with E-state index >= 15 is 0 Å². The fourth-order valence-electron chi connectivity index (χ4n) is 2.72. The van der Waals surface area contributed by atoms with Crippen molar-refractivity contribution in [1.82, 2.24) is 0 Å². The van der Waals surface area contributed by atoms with Gasteiger partial charge in [-0.05, 0) is 36.8 Å². The molecule has 1 N–H and O–H groups in total. The van der Waals surface area contributed by atoms with Gasteiger partial charge in [0.25, 0.3) is 0 Å². The molecule has 4 nitrogen and oxygen atoms in total. The molecule has 28 heavy (non-hydrogen) atoms. The first-order valence-corrected chi connectivity index (χ1v) is 10.6. The minimum atomic E-state index is -0.469. The predicted octanol–water partition coefficient (Wildman–Crippen LogP) is 5.89. The van der Waals surface area contributed by atoms with Crippen LogP contribution in [0, 0.1) is 6.92 Å². The maximum atomic E-state index is 12.5. The van der Waals surface area contributed by atoms with Crippen molar-refractivity contribution in [2.24, 2.45) is 0 Å². The molecule has 0 radical (unpaired) electrons. The van der Waals surface area contributed by atoms with Crippen molar-refractivity contribution >= 4 is 51.6 Å². The quantitative estimate of drug-likeness (QED) is 0.390. The van der Waals surface area contributed by atoms with E-state index < -0.39 is 5.97 Å². The van der Waals surface area contributed by atoms with E-state index in [2.05, 4.69) is 5.32 Å². The lowest BCUT2D eigenvalue weighted by molar-refractivity contribution is -0.113. The monoisotopic (exact) mass is 431 g/mol. The predicted molar refractivity (Wildman–Crippen MR) is 117 cm³/mol. The number of rotatable bonds is 6.